The van der Waals surface area contributed by atoms with E-state index < -0.39 is 0 Å². The van der Waals surface area contributed by atoms with Crippen molar-refractivity contribution in [2.45, 2.75) is 20.4 Å². The molecule has 0 radical (unpaired) electrons. The number of Topliss-reactive ketones (excluding diaryl/α,β-unsaturated/α-hetero) is 1. The van der Waals surface area contributed by atoms with Crippen molar-refractivity contribution in [2.75, 3.05) is 0 Å². The van der Waals surface area contributed by atoms with Gasteiger partial charge in [0.2, 0.25) is 0 Å². The lowest BCUT2D eigenvalue weighted by atomic mass is 10.1. The summed E-state index contributed by atoms with van der Waals surface area (Å²) >= 11 is 0. The summed E-state index contributed by atoms with van der Waals surface area (Å²) in [4.78, 5) is 24.7. The summed E-state index contributed by atoms with van der Waals surface area (Å²) in [7, 11) is 0. The van der Waals surface area contributed by atoms with Crippen LogP contribution in [0.1, 0.15) is 23.1 Å². The first-order chi connectivity index (χ1) is 10.6. The highest BCUT2D eigenvalue weighted by molar-refractivity contribution is 6.07. The van der Waals surface area contributed by atoms with Crippen LogP contribution < -0.4 is 0 Å². The summed E-state index contributed by atoms with van der Waals surface area (Å²) in [5.41, 5.74) is 3.19. The maximum atomic E-state index is 11.9. The molecule has 0 saturated heterocycles. The van der Waals surface area contributed by atoms with Crippen LogP contribution in [0.3, 0.4) is 0 Å². The molecule has 0 N–H and O–H groups in total. The molecule has 110 valence electrons. The van der Waals surface area contributed by atoms with E-state index in [0.717, 1.165) is 22.2 Å². The van der Waals surface area contributed by atoms with Gasteiger partial charge in [-0.3, -0.25) is 9.78 Å². The zero-order valence-corrected chi connectivity index (χ0v) is 12.6. The zero-order chi connectivity index (χ0) is 15.7. The maximum absolute atomic E-state index is 11.9. The number of carbonyl (C=O) groups is 1. The highest BCUT2D eigenvalue weighted by Gasteiger charge is 2.13. The van der Waals surface area contributed by atoms with E-state index in [-0.39, 0.29) is 5.78 Å². The van der Waals surface area contributed by atoms with Crippen LogP contribution in [0, 0.1) is 6.92 Å². The predicted molar refractivity (Wildman–Crippen MR) is 85.7 cm³/mol. The molecule has 5 nitrogen and oxygen atoms in total. The molecule has 3 heterocycles. The molecule has 0 unspecified atom stereocenters. The lowest BCUT2D eigenvalue weighted by Gasteiger charge is -2.03. The Kier molecular flexibility index (Phi) is 3.55. The first-order valence-electron chi connectivity index (χ1n) is 7.00. The van der Waals surface area contributed by atoms with Gasteiger partial charge in [-0.05, 0) is 19.9 Å². The largest absolute Gasteiger partial charge is 0.342 e. The van der Waals surface area contributed by atoms with Crippen molar-refractivity contribution in [1.29, 1.82) is 0 Å². The Bertz CT molecular complexity index is 862. The second-order valence-corrected chi connectivity index (χ2v) is 5.15. The molecule has 22 heavy (non-hydrogen) atoms. The molecule has 5 heteroatoms. The molecule has 0 aliphatic carbocycles. The van der Waals surface area contributed by atoms with Crippen molar-refractivity contribution in [3.8, 4) is 11.3 Å². The monoisotopic (exact) mass is 292 g/mol. The van der Waals surface area contributed by atoms with Crippen molar-refractivity contribution >= 4 is 16.7 Å². The summed E-state index contributed by atoms with van der Waals surface area (Å²) in [6.45, 7) is 7.79. The number of ketones is 1. The normalized spacial score (nSPS) is 10.8. The number of hydrogen-bond donors (Lipinski definition) is 0. The van der Waals surface area contributed by atoms with E-state index in [1.807, 2.05) is 23.8 Å². The fraction of sp³-hybridized carbons (Fsp3) is 0.176. The molecule has 3 aromatic heterocycles. The van der Waals surface area contributed by atoms with Gasteiger partial charge in [-0.2, -0.15) is 0 Å². The van der Waals surface area contributed by atoms with Gasteiger partial charge in [0.05, 0.1) is 17.4 Å². The SMILES string of the molecule is C=CCn1cc(C(C)=O)c2cc(-c3cnc(C)nc3)ncc21. The maximum Gasteiger partial charge on any atom is 0.161 e. The fourth-order valence-electron chi connectivity index (χ4n) is 2.44. The van der Waals surface area contributed by atoms with E-state index in [1.165, 1.54) is 0 Å². The summed E-state index contributed by atoms with van der Waals surface area (Å²) in [5.74, 6) is 0.747. The molecule has 0 fully saturated rings. The Morgan fingerprint density at radius 1 is 1.27 bits per heavy atom. The van der Waals surface area contributed by atoms with Gasteiger partial charge in [-0.25, -0.2) is 9.97 Å². The molecule has 0 aromatic carbocycles. The molecule has 0 aliphatic rings. The first-order valence-corrected chi connectivity index (χ1v) is 7.00. The minimum atomic E-state index is 0.0325. The highest BCUT2D eigenvalue weighted by Crippen LogP contribution is 2.26. The average molecular weight is 292 g/mol. The molecule has 0 atom stereocenters. The van der Waals surface area contributed by atoms with Gasteiger partial charge < -0.3 is 4.57 Å². The first kappa shape index (κ1) is 14.1. The van der Waals surface area contributed by atoms with Gasteiger partial charge in [0.15, 0.2) is 5.78 Å². The van der Waals surface area contributed by atoms with Gasteiger partial charge in [-0.1, -0.05) is 6.08 Å². The summed E-state index contributed by atoms with van der Waals surface area (Å²) in [6.07, 6.45) is 8.91. The van der Waals surface area contributed by atoms with Crippen molar-refractivity contribution in [3.05, 3.63) is 54.9 Å². The molecule has 0 saturated carbocycles. The van der Waals surface area contributed by atoms with E-state index in [9.17, 15) is 4.79 Å². The quantitative estimate of drug-likeness (QED) is 0.547. The highest BCUT2D eigenvalue weighted by atomic mass is 16.1. The van der Waals surface area contributed by atoms with Crippen LogP contribution in [-0.2, 0) is 6.54 Å². The predicted octanol–water partition coefficient (Wildman–Crippen LogP) is 3.19. The van der Waals surface area contributed by atoms with Crippen LogP contribution in [0.4, 0.5) is 0 Å². The van der Waals surface area contributed by atoms with Crippen LogP contribution in [0.15, 0.2) is 43.5 Å². The molecule has 0 bridgehead atoms. The Morgan fingerprint density at radius 3 is 2.64 bits per heavy atom. The molecule has 3 rings (SSSR count). The molecule has 0 spiro atoms. The van der Waals surface area contributed by atoms with Crippen molar-refractivity contribution in [1.82, 2.24) is 19.5 Å². The number of nitrogens with zero attached hydrogens (tertiary/aromatic N) is 4. The summed E-state index contributed by atoms with van der Waals surface area (Å²) in [5, 5.41) is 0.889. The topological polar surface area (TPSA) is 60.7 Å². The fourth-order valence-corrected chi connectivity index (χ4v) is 2.44. The third-order valence-electron chi connectivity index (χ3n) is 3.55. The Hall–Kier alpha value is -2.82. The number of aryl methyl sites for hydroxylation is 1. The zero-order valence-electron chi connectivity index (χ0n) is 12.6. The van der Waals surface area contributed by atoms with E-state index in [1.54, 1.807) is 31.6 Å². The van der Waals surface area contributed by atoms with Crippen molar-refractivity contribution in [2.24, 2.45) is 0 Å². The van der Waals surface area contributed by atoms with Gasteiger partial charge in [0, 0.05) is 41.6 Å². The Morgan fingerprint density at radius 2 is 2.00 bits per heavy atom. The van der Waals surface area contributed by atoms with Crippen molar-refractivity contribution < 1.29 is 4.79 Å². The second kappa shape index (κ2) is 5.52. The number of rotatable bonds is 4. The van der Waals surface area contributed by atoms with E-state index >= 15 is 0 Å². The van der Waals surface area contributed by atoms with Crippen LogP contribution in [0.25, 0.3) is 22.2 Å². The van der Waals surface area contributed by atoms with Gasteiger partial charge in [0.1, 0.15) is 5.82 Å². The van der Waals surface area contributed by atoms with Crippen LogP contribution in [-0.4, -0.2) is 25.3 Å². The third-order valence-corrected chi connectivity index (χ3v) is 3.55. The minimum Gasteiger partial charge on any atom is -0.342 e. The molecular formula is C17H16N4O. The van der Waals surface area contributed by atoms with Crippen LogP contribution in [0.5, 0.6) is 0 Å². The van der Waals surface area contributed by atoms with E-state index in [0.29, 0.717) is 17.9 Å². The van der Waals surface area contributed by atoms with Crippen molar-refractivity contribution in [3.63, 3.8) is 0 Å². The number of hydrogen-bond acceptors (Lipinski definition) is 4. The Balaban J connectivity index is 2.19. The lowest BCUT2D eigenvalue weighted by molar-refractivity contribution is 0.101. The van der Waals surface area contributed by atoms with Crippen LogP contribution in [0.2, 0.25) is 0 Å². The van der Waals surface area contributed by atoms with Gasteiger partial charge >= 0.3 is 0 Å². The number of allylic oxidation sites excluding steroid dienone is 1. The summed E-state index contributed by atoms with van der Waals surface area (Å²) < 4.78 is 1.97. The average Bonchev–Trinajstić information content (AvgIpc) is 2.87. The molecular weight excluding hydrogens is 276 g/mol. The number of pyridine rings is 1. The third kappa shape index (κ3) is 2.41. The van der Waals surface area contributed by atoms with E-state index in [2.05, 4.69) is 21.5 Å². The molecule has 0 amide bonds. The second-order valence-electron chi connectivity index (χ2n) is 5.15. The number of carbonyl (C=O) groups excluding carboxylic acids is 1. The van der Waals surface area contributed by atoms with Gasteiger partial charge in [0.25, 0.3) is 0 Å². The lowest BCUT2D eigenvalue weighted by Crippen LogP contribution is -1.93. The Labute approximate surface area is 128 Å². The number of fused-ring (bicyclic) bond motifs is 1. The van der Waals surface area contributed by atoms with Gasteiger partial charge in [-0.15, -0.1) is 6.58 Å². The molecule has 3 aromatic rings. The molecule has 0 aliphatic heterocycles. The minimum absolute atomic E-state index is 0.0325. The number of aromatic nitrogens is 4. The smallest absolute Gasteiger partial charge is 0.161 e. The van der Waals surface area contributed by atoms with E-state index in [4.69, 9.17) is 0 Å². The summed E-state index contributed by atoms with van der Waals surface area (Å²) in [6, 6.07) is 1.92. The standard InChI is InChI=1S/C17H16N4O/c1-4-5-21-10-15(11(2)22)14-6-16(20-9-17(14)21)13-7-18-12(3)19-8-13/h4,6-10H,1,5H2,2-3H3. The van der Waals surface area contributed by atoms with Crippen LogP contribution >= 0.6 is 0 Å².